The fourth-order valence-corrected chi connectivity index (χ4v) is 2.89. The van der Waals surface area contributed by atoms with Gasteiger partial charge in [0.15, 0.2) is 0 Å². The minimum Gasteiger partial charge on any atom is -0.467 e. The summed E-state index contributed by atoms with van der Waals surface area (Å²) in [6.45, 7) is 0.777. The normalized spacial score (nSPS) is 24.3. The molecule has 1 aromatic heterocycles. The van der Waals surface area contributed by atoms with E-state index in [-0.39, 0.29) is 0 Å². The molecule has 2 N–H and O–H groups in total. The average Bonchev–Trinajstić information content (AvgIpc) is 2.65. The SMILES string of the molecule is NCC1CC(Oc2nc3ccccc3s2)C1. The Morgan fingerprint density at radius 1 is 1.38 bits per heavy atom. The third kappa shape index (κ3) is 1.79. The lowest BCUT2D eigenvalue weighted by Gasteiger charge is -2.33. The van der Waals surface area contributed by atoms with Gasteiger partial charge in [0, 0.05) is 0 Å². The van der Waals surface area contributed by atoms with Crippen molar-refractivity contribution in [3.63, 3.8) is 0 Å². The van der Waals surface area contributed by atoms with Gasteiger partial charge >= 0.3 is 0 Å². The van der Waals surface area contributed by atoms with Gasteiger partial charge in [0.2, 0.25) is 0 Å². The van der Waals surface area contributed by atoms with Crippen LogP contribution >= 0.6 is 11.3 Å². The lowest BCUT2D eigenvalue weighted by molar-refractivity contribution is 0.0690. The molecule has 0 saturated heterocycles. The standard InChI is InChI=1S/C12H14N2OS/c13-7-8-5-9(6-8)15-12-14-10-3-1-2-4-11(10)16-12/h1-4,8-9H,5-7,13H2. The van der Waals surface area contributed by atoms with Crippen molar-refractivity contribution in [1.29, 1.82) is 0 Å². The summed E-state index contributed by atoms with van der Waals surface area (Å²) in [6, 6.07) is 8.11. The van der Waals surface area contributed by atoms with Gasteiger partial charge in [0.05, 0.1) is 10.2 Å². The lowest BCUT2D eigenvalue weighted by Crippen LogP contribution is -2.37. The summed E-state index contributed by atoms with van der Waals surface area (Å²) in [6.07, 6.45) is 2.48. The van der Waals surface area contributed by atoms with Crippen LogP contribution in [0.1, 0.15) is 12.8 Å². The van der Waals surface area contributed by atoms with Crippen molar-refractivity contribution < 1.29 is 4.74 Å². The van der Waals surface area contributed by atoms with E-state index < -0.39 is 0 Å². The van der Waals surface area contributed by atoms with Crippen LogP contribution in [0.15, 0.2) is 24.3 Å². The second-order valence-electron chi connectivity index (χ2n) is 4.26. The van der Waals surface area contributed by atoms with Crippen molar-refractivity contribution in [1.82, 2.24) is 4.98 Å². The van der Waals surface area contributed by atoms with Gasteiger partial charge in [-0.15, -0.1) is 0 Å². The van der Waals surface area contributed by atoms with Crippen LogP contribution in [0, 0.1) is 5.92 Å². The van der Waals surface area contributed by atoms with Gasteiger partial charge in [-0.3, -0.25) is 0 Å². The second-order valence-corrected chi connectivity index (χ2v) is 5.25. The predicted molar refractivity (Wildman–Crippen MR) is 65.8 cm³/mol. The number of ether oxygens (including phenoxy) is 1. The zero-order valence-electron chi connectivity index (χ0n) is 8.93. The number of benzene rings is 1. The van der Waals surface area contributed by atoms with E-state index in [1.165, 1.54) is 4.70 Å². The van der Waals surface area contributed by atoms with Crippen LogP contribution in [-0.4, -0.2) is 17.6 Å². The Labute approximate surface area is 98.2 Å². The smallest absolute Gasteiger partial charge is 0.274 e. The molecule has 0 aliphatic heterocycles. The molecule has 16 heavy (non-hydrogen) atoms. The highest BCUT2D eigenvalue weighted by atomic mass is 32.1. The minimum absolute atomic E-state index is 0.328. The first-order valence-electron chi connectivity index (χ1n) is 5.57. The maximum absolute atomic E-state index is 5.82. The zero-order chi connectivity index (χ0) is 11.0. The molecule has 0 spiro atoms. The molecule has 2 aromatic rings. The first kappa shape index (κ1) is 10.1. The Bertz CT molecular complexity index is 457. The van der Waals surface area contributed by atoms with Gasteiger partial charge in [-0.2, -0.15) is 0 Å². The van der Waals surface area contributed by atoms with Crippen LogP contribution in [0.4, 0.5) is 0 Å². The van der Waals surface area contributed by atoms with Gasteiger partial charge in [-0.25, -0.2) is 4.98 Å². The Morgan fingerprint density at radius 2 is 2.19 bits per heavy atom. The van der Waals surface area contributed by atoms with Gasteiger partial charge in [0.25, 0.3) is 5.19 Å². The molecule has 1 aliphatic rings. The van der Waals surface area contributed by atoms with Gasteiger partial charge in [-0.05, 0) is 37.4 Å². The van der Waals surface area contributed by atoms with Crippen molar-refractivity contribution in [2.75, 3.05) is 6.54 Å². The molecule has 0 unspecified atom stereocenters. The predicted octanol–water partition coefficient (Wildman–Crippen LogP) is 2.41. The highest BCUT2D eigenvalue weighted by Gasteiger charge is 2.30. The quantitative estimate of drug-likeness (QED) is 0.887. The molecule has 0 radical (unpaired) electrons. The van der Waals surface area contributed by atoms with E-state index >= 15 is 0 Å². The number of rotatable bonds is 3. The van der Waals surface area contributed by atoms with Crippen LogP contribution in [-0.2, 0) is 0 Å². The molecular weight excluding hydrogens is 220 g/mol. The van der Waals surface area contributed by atoms with Crippen LogP contribution in [0.3, 0.4) is 0 Å². The summed E-state index contributed by atoms with van der Waals surface area (Å²) in [7, 11) is 0. The summed E-state index contributed by atoms with van der Waals surface area (Å²) < 4.78 is 7.01. The molecule has 1 aliphatic carbocycles. The Kier molecular flexibility index (Phi) is 2.53. The number of aromatic nitrogens is 1. The molecule has 4 heteroatoms. The van der Waals surface area contributed by atoms with Crippen molar-refractivity contribution in [3.05, 3.63) is 24.3 Å². The van der Waals surface area contributed by atoms with Crippen LogP contribution < -0.4 is 10.5 Å². The molecule has 0 atom stereocenters. The zero-order valence-corrected chi connectivity index (χ0v) is 9.74. The van der Waals surface area contributed by atoms with E-state index in [1.54, 1.807) is 11.3 Å². The Morgan fingerprint density at radius 3 is 2.94 bits per heavy atom. The van der Waals surface area contributed by atoms with Gasteiger partial charge in [-0.1, -0.05) is 23.5 Å². The largest absolute Gasteiger partial charge is 0.467 e. The van der Waals surface area contributed by atoms with E-state index in [0.717, 1.165) is 30.1 Å². The number of hydrogen-bond donors (Lipinski definition) is 1. The highest BCUT2D eigenvalue weighted by molar-refractivity contribution is 7.20. The highest BCUT2D eigenvalue weighted by Crippen LogP contribution is 2.34. The Hall–Kier alpha value is -1.13. The summed E-state index contributed by atoms with van der Waals surface area (Å²) in [5.41, 5.74) is 6.61. The maximum atomic E-state index is 5.82. The summed E-state index contributed by atoms with van der Waals surface area (Å²) in [4.78, 5) is 4.45. The van der Waals surface area contributed by atoms with Crippen molar-refractivity contribution in [2.45, 2.75) is 18.9 Å². The first-order chi connectivity index (χ1) is 7.85. The molecule has 84 valence electrons. The van der Waals surface area contributed by atoms with Crippen LogP contribution in [0.2, 0.25) is 0 Å². The van der Waals surface area contributed by atoms with E-state index in [4.69, 9.17) is 10.5 Å². The van der Waals surface area contributed by atoms with E-state index in [1.807, 2.05) is 18.2 Å². The summed E-state index contributed by atoms with van der Waals surface area (Å²) in [5.74, 6) is 0.652. The number of fused-ring (bicyclic) bond motifs is 1. The number of nitrogens with two attached hydrogens (primary N) is 1. The lowest BCUT2D eigenvalue weighted by atomic mass is 9.82. The fraction of sp³-hybridized carbons (Fsp3) is 0.417. The molecule has 0 amide bonds. The molecule has 1 saturated carbocycles. The molecule has 3 rings (SSSR count). The summed E-state index contributed by atoms with van der Waals surface area (Å²) in [5, 5.41) is 0.793. The number of para-hydroxylation sites is 1. The number of hydrogen-bond acceptors (Lipinski definition) is 4. The van der Waals surface area contributed by atoms with Crippen molar-refractivity contribution >= 4 is 21.6 Å². The monoisotopic (exact) mass is 234 g/mol. The molecule has 1 heterocycles. The molecular formula is C12H14N2OS. The molecule has 0 bridgehead atoms. The molecule has 1 fully saturated rings. The Balaban J connectivity index is 1.71. The second kappa shape index (κ2) is 4.03. The van der Waals surface area contributed by atoms with Gasteiger partial charge in [0.1, 0.15) is 6.10 Å². The van der Waals surface area contributed by atoms with Crippen LogP contribution in [0.5, 0.6) is 5.19 Å². The maximum Gasteiger partial charge on any atom is 0.274 e. The van der Waals surface area contributed by atoms with Crippen molar-refractivity contribution in [3.8, 4) is 5.19 Å². The van der Waals surface area contributed by atoms with E-state index in [0.29, 0.717) is 12.0 Å². The van der Waals surface area contributed by atoms with Crippen LogP contribution in [0.25, 0.3) is 10.2 Å². The summed E-state index contributed by atoms with van der Waals surface area (Å²) >= 11 is 1.62. The molecule has 1 aromatic carbocycles. The average molecular weight is 234 g/mol. The van der Waals surface area contributed by atoms with Gasteiger partial charge < -0.3 is 10.5 Å². The minimum atomic E-state index is 0.328. The number of thiazole rings is 1. The third-order valence-electron chi connectivity index (χ3n) is 3.07. The molecule has 3 nitrogen and oxygen atoms in total. The van der Waals surface area contributed by atoms with Crippen molar-refractivity contribution in [2.24, 2.45) is 11.7 Å². The number of nitrogens with zero attached hydrogens (tertiary/aromatic N) is 1. The first-order valence-corrected chi connectivity index (χ1v) is 6.39. The fourth-order valence-electron chi connectivity index (χ4n) is 2.01. The van der Waals surface area contributed by atoms with E-state index in [9.17, 15) is 0 Å². The topological polar surface area (TPSA) is 48.1 Å². The third-order valence-corrected chi connectivity index (χ3v) is 3.99. The van der Waals surface area contributed by atoms with E-state index in [2.05, 4.69) is 11.1 Å².